The Labute approximate surface area is 122 Å². The molecule has 0 amide bonds. The van der Waals surface area contributed by atoms with Crippen molar-refractivity contribution < 1.29 is 0 Å². The summed E-state index contributed by atoms with van der Waals surface area (Å²) in [5.74, 6) is 0.904. The van der Waals surface area contributed by atoms with E-state index in [1.807, 2.05) is 12.4 Å². The summed E-state index contributed by atoms with van der Waals surface area (Å²) in [4.78, 5) is 6.75. The molecule has 1 unspecified atom stereocenters. The fourth-order valence-corrected chi connectivity index (χ4v) is 3.77. The van der Waals surface area contributed by atoms with Crippen molar-refractivity contribution in [3.8, 4) is 0 Å². The van der Waals surface area contributed by atoms with Gasteiger partial charge in [-0.05, 0) is 56.0 Å². The van der Waals surface area contributed by atoms with E-state index in [4.69, 9.17) is 0 Å². The normalized spacial score (nSPS) is 26.3. The van der Waals surface area contributed by atoms with E-state index in [9.17, 15) is 0 Å². The highest BCUT2D eigenvalue weighted by atomic mass is 15.2. The molecule has 3 heteroatoms. The Kier molecular flexibility index (Phi) is 5.04. The Bertz CT molecular complexity index is 386. The van der Waals surface area contributed by atoms with Crippen LogP contribution in [0, 0.1) is 5.92 Å². The molecule has 1 aliphatic heterocycles. The van der Waals surface area contributed by atoms with Crippen molar-refractivity contribution in [1.29, 1.82) is 0 Å². The summed E-state index contributed by atoms with van der Waals surface area (Å²) in [5.41, 5.74) is 1.39. The van der Waals surface area contributed by atoms with Crippen LogP contribution in [0.1, 0.15) is 44.1 Å². The van der Waals surface area contributed by atoms with E-state index in [-0.39, 0.29) is 0 Å². The molecule has 1 saturated heterocycles. The van der Waals surface area contributed by atoms with Gasteiger partial charge < -0.3 is 5.32 Å². The topological polar surface area (TPSA) is 28.2 Å². The molecule has 2 heterocycles. The van der Waals surface area contributed by atoms with E-state index < -0.39 is 0 Å². The molecule has 110 valence electrons. The Hall–Kier alpha value is -0.930. The molecule has 1 atom stereocenters. The standard InChI is InChI=1S/C17H27N3/c1-2-5-16(6-3-1)17-14-20(12-4-9-19-17)13-15-7-10-18-11-8-15/h7-8,10-11,16-17,19H,1-6,9,12-14H2. The number of aromatic nitrogens is 1. The molecule has 1 aromatic heterocycles. The van der Waals surface area contributed by atoms with Gasteiger partial charge in [0.15, 0.2) is 0 Å². The Morgan fingerprint density at radius 1 is 1.10 bits per heavy atom. The van der Waals surface area contributed by atoms with Crippen LogP contribution in [-0.2, 0) is 6.54 Å². The predicted octanol–water partition coefficient (Wildman–Crippen LogP) is 2.83. The van der Waals surface area contributed by atoms with Crippen LogP contribution in [0.25, 0.3) is 0 Å². The lowest BCUT2D eigenvalue weighted by Gasteiger charge is -2.33. The van der Waals surface area contributed by atoms with Gasteiger partial charge in [-0.2, -0.15) is 0 Å². The number of nitrogens with one attached hydrogen (secondary N) is 1. The van der Waals surface area contributed by atoms with Gasteiger partial charge in [-0.25, -0.2) is 0 Å². The van der Waals surface area contributed by atoms with Crippen molar-refractivity contribution in [2.75, 3.05) is 19.6 Å². The number of nitrogens with zero attached hydrogens (tertiary/aromatic N) is 2. The molecule has 3 rings (SSSR count). The second-order valence-corrected chi connectivity index (χ2v) is 6.40. The highest BCUT2D eigenvalue weighted by molar-refractivity contribution is 5.09. The van der Waals surface area contributed by atoms with Gasteiger partial charge in [0.1, 0.15) is 0 Å². The molecule has 0 aromatic carbocycles. The first-order chi connectivity index (χ1) is 9.92. The summed E-state index contributed by atoms with van der Waals surface area (Å²) in [5, 5.41) is 3.81. The van der Waals surface area contributed by atoms with Crippen molar-refractivity contribution in [1.82, 2.24) is 15.2 Å². The van der Waals surface area contributed by atoms with Crippen LogP contribution >= 0.6 is 0 Å². The lowest BCUT2D eigenvalue weighted by Crippen LogP contribution is -2.43. The van der Waals surface area contributed by atoms with Crippen molar-refractivity contribution in [3.63, 3.8) is 0 Å². The average molecular weight is 273 g/mol. The minimum Gasteiger partial charge on any atom is -0.312 e. The lowest BCUT2D eigenvalue weighted by atomic mass is 9.83. The van der Waals surface area contributed by atoms with Crippen molar-refractivity contribution in [2.24, 2.45) is 5.92 Å². The number of rotatable bonds is 3. The quantitative estimate of drug-likeness (QED) is 0.918. The van der Waals surface area contributed by atoms with E-state index in [1.54, 1.807) is 0 Å². The van der Waals surface area contributed by atoms with Crippen LogP contribution in [0.3, 0.4) is 0 Å². The molecule has 1 N–H and O–H groups in total. The summed E-state index contributed by atoms with van der Waals surface area (Å²) in [6.07, 6.45) is 12.3. The molecule has 1 aliphatic carbocycles. The molecule has 1 aromatic rings. The van der Waals surface area contributed by atoms with Crippen molar-refractivity contribution in [2.45, 2.75) is 51.1 Å². The molecule has 1 saturated carbocycles. The van der Waals surface area contributed by atoms with Crippen LogP contribution in [0.4, 0.5) is 0 Å². The summed E-state index contributed by atoms with van der Waals surface area (Å²) in [6, 6.07) is 5.00. The van der Waals surface area contributed by atoms with Gasteiger partial charge in [0.2, 0.25) is 0 Å². The molecule has 0 bridgehead atoms. The van der Waals surface area contributed by atoms with Crippen LogP contribution in [0.2, 0.25) is 0 Å². The smallest absolute Gasteiger partial charge is 0.0271 e. The Morgan fingerprint density at radius 2 is 1.90 bits per heavy atom. The Balaban J connectivity index is 1.59. The van der Waals surface area contributed by atoms with E-state index in [0.717, 1.165) is 12.5 Å². The third kappa shape index (κ3) is 3.80. The summed E-state index contributed by atoms with van der Waals surface area (Å²) in [7, 11) is 0. The van der Waals surface area contributed by atoms with Crippen LogP contribution in [0.15, 0.2) is 24.5 Å². The highest BCUT2D eigenvalue weighted by Gasteiger charge is 2.26. The first-order valence-electron chi connectivity index (χ1n) is 8.26. The summed E-state index contributed by atoms with van der Waals surface area (Å²) < 4.78 is 0. The predicted molar refractivity (Wildman–Crippen MR) is 82.5 cm³/mol. The van der Waals surface area contributed by atoms with E-state index >= 15 is 0 Å². The monoisotopic (exact) mass is 273 g/mol. The maximum absolute atomic E-state index is 4.11. The zero-order valence-corrected chi connectivity index (χ0v) is 12.4. The first kappa shape index (κ1) is 14.0. The van der Waals surface area contributed by atoms with Gasteiger partial charge in [-0.1, -0.05) is 19.3 Å². The van der Waals surface area contributed by atoms with Gasteiger partial charge in [-0.3, -0.25) is 9.88 Å². The lowest BCUT2D eigenvalue weighted by molar-refractivity contribution is 0.201. The molecular formula is C17H27N3. The van der Waals surface area contributed by atoms with Crippen molar-refractivity contribution in [3.05, 3.63) is 30.1 Å². The molecule has 2 aliphatic rings. The summed E-state index contributed by atoms with van der Waals surface area (Å²) >= 11 is 0. The van der Waals surface area contributed by atoms with E-state index in [1.165, 1.54) is 63.7 Å². The van der Waals surface area contributed by atoms with Gasteiger partial charge in [0.25, 0.3) is 0 Å². The zero-order valence-electron chi connectivity index (χ0n) is 12.4. The maximum Gasteiger partial charge on any atom is 0.0271 e. The maximum atomic E-state index is 4.11. The third-order valence-electron chi connectivity index (χ3n) is 4.89. The molecule has 3 nitrogen and oxygen atoms in total. The van der Waals surface area contributed by atoms with Gasteiger partial charge in [0, 0.05) is 31.5 Å². The highest BCUT2D eigenvalue weighted by Crippen LogP contribution is 2.27. The molecule has 0 spiro atoms. The van der Waals surface area contributed by atoms with Gasteiger partial charge in [0.05, 0.1) is 0 Å². The number of pyridine rings is 1. The minimum absolute atomic E-state index is 0.708. The second kappa shape index (κ2) is 7.19. The first-order valence-corrected chi connectivity index (χ1v) is 8.26. The van der Waals surface area contributed by atoms with Gasteiger partial charge in [-0.15, -0.1) is 0 Å². The fourth-order valence-electron chi connectivity index (χ4n) is 3.77. The number of hydrogen-bond donors (Lipinski definition) is 1. The zero-order chi connectivity index (χ0) is 13.6. The third-order valence-corrected chi connectivity index (χ3v) is 4.89. The fraction of sp³-hybridized carbons (Fsp3) is 0.706. The van der Waals surface area contributed by atoms with Crippen LogP contribution < -0.4 is 5.32 Å². The average Bonchev–Trinajstić information content (AvgIpc) is 2.75. The molecular weight excluding hydrogens is 246 g/mol. The Morgan fingerprint density at radius 3 is 2.70 bits per heavy atom. The second-order valence-electron chi connectivity index (χ2n) is 6.40. The number of hydrogen-bond acceptors (Lipinski definition) is 3. The molecule has 0 radical (unpaired) electrons. The van der Waals surface area contributed by atoms with Crippen LogP contribution in [-0.4, -0.2) is 35.6 Å². The molecule has 2 fully saturated rings. The largest absolute Gasteiger partial charge is 0.312 e. The van der Waals surface area contributed by atoms with Crippen LogP contribution in [0.5, 0.6) is 0 Å². The SMILES string of the molecule is c1cc(CN2CCCNC(C3CCCCC3)C2)ccn1. The minimum atomic E-state index is 0.708. The van der Waals surface area contributed by atoms with Gasteiger partial charge >= 0.3 is 0 Å². The van der Waals surface area contributed by atoms with E-state index in [0.29, 0.717) is 6.04 Å². The van der Waals surface area contributed by atoms with E-state index in [2.05, 4.69) is 27.3 Å². The summed E-state index contributed by atoms with van der Waals surface area (Å²) in [6.45, 7) is 4.70. The molecule has 20 heavy (non-hydrogen) atoms. The van der Waals surface area contributed by atoms with Crippen molar-refractivity contribution >= 4 is 0 Å².